The van der Waals surface area contributed by atoms with Crippen molar-refractivity contribution in [3.63, 3.8) is 0 Å². The van der Waals surface area contributed by atoms with Crippen molar-refractivity contribution < 1.29 is 14.7 Å². The van der Waals surface area contributed by atoms with Crippen LogP contribution in [0, 0.1) is 0 Å². The predicted octanol–water partition coefficient (Wildman–Crippen LogP) is 1.46. The van der Waals surface area contributed by atoms with Gasteiger partial charge in [-0.15, -0.1) is 6.58 Å². The zero-order valence-electron chi connectivity index (χ0n) is 8.11. The molecule has 0 aliphatic heterocycles. The molecule has 0 unspecified atom stereocenters. The number of rotatable bonds is 8. The second-order valence-electron chi connectivity index (χ2n) is 2.85. The summed E-state index contributed by atoms with van der Waals surface area (Å²) in [6.45, 7) is 3.26. The fourth-order valence-electron chi connectivity index (χ4n) is 0.939. The number of aldehydes is 1. The molecule has 0 saturated carbocycles. The maximum absolute atomic E-state index is 10.4. The number of allylic oxidation sites excluding steroid dienone is 1. The molecule has 0 saturated heterocycles. The highest BCUT2D eigenvalue weighted by Crippen LogP contribution is 2.01. The van der Waals surface area contributed by atoms with E-state index in [0.717, 1.165) is 19.3 Å². The van der Waals surface area contributed by atoms with Crippen LogP contribution in [-0.4, -0.2) is 29.6 Å². The lowest BCUT2D eigenvalue weighted by atomic mass is 10.1. The summed E-state index contributed by atoms with van der Waals surface area (Å²) >= 11 is 0. The van der Waals surface area contributed by atoms with Crippen LogP contribution in [0.1, 0.15) is 25.7 Å². The SMILES string of the molecule is C=CCCCCC(C=O)=NCC(=O)O. The number of carbonyl (C=O) groups excluding carboxylic acids is 1. The summed E-state index contributed by atoms with van der Waals surface area (Å²) in [6.07, 6.45) is 5.67. The Kier molecular flexibility index (Phi) is 7.32. The number of carboxylic acids is 1. The lowest BCUT2D eigenvalue weighted by Crippen LogP contribution is -2.06. The second-order valence-corrected chi connectivity index (χ2v) is 2.85. The molecule has 0 aromatic rings. The Morgan fingerprint density at radius 1 is 1.43 bits per heavy atom. The fraction of sp³-hybridized carbons (Fsp3) is 0.500. The molecule has 1 N–H and O–H groups in total. The minimum Gasteiger partial charge on any atom is -0.480 e. The third kappa shape index (κ3) is 7.21. The number of unbranched alkanes of at least 4 members (excludes halogenated alkanes) is 2. The van der Waals surface area contributed by atoms with E-state index >= 15 is 0 Å². The molecule has 14 heavy (non-hydrogen) atoms. The van der Waals surface area contributed by atoms with Gasteiger partial charge in [-0.3, -0.25) is 14.6 Å². The van der Waals surface area contributed by atoms with E-state index in [2.05, 4.69) is 11.6 Å². The Balaban J connectivity index is 3.78. The summed E-state index contributed by atoms with van der Waals surface area (Å²) in [6, 6.07) is 0. The maximum atomic E-state index is 10.4. The molecule has 0 aliphatic carbocycles. The number of aliphatic imine (C=N–C) groups is 1. The Hall–Kier alpha value is -1.45. The van der Waals surface area contributed by atoms with Crippen molar-refractivity contribution in [3.8, 4) is 0 Å². The summed E-state index contributed by atoms with van der Waals surface area (Å²) in [5.41, 5.74) is 0.330. The number of aliphatic carboxylic acids is 1. The highest BCUT2D eigenvalue weighted by molar-refractivity contribution is 6.28. The molecular formula is C10H15NO3. The molecule has 0 rings (SSSR count). The van der Waals surface area contributed by atoms with E-state index in [-0.39, 0.29) is 6.54 Å². The monoisotopic (exact) mass is 197 g/mol. The Labute approximate surface area is 83.3 Å². The van der Waals surface area contributed by atoms with Gasteiger partial charge in [0.25, 0.3) is 0 Å². The first-order chi connectivity index (χ1) is 6.70. The molecule has 4 heteroatoms. The zero-order chi connectivity index (χ0) is 10.8. The average Bonchev–Trinajstić information content (AvgIpc) is 2.16. The van der Waals surface area contributed by atoms with Crippen molar-refractivity contribution in [2.24, 2.45) is 4.99 Å². The van der Waals surface area contributed by atoms with E-state index in [0.29, 0.717) is 18.4 Å². The van der Waals surface area contributed by atoms with Gasteiger partial charge in [0, 0.05) is 0 Å². The maximum Gasteiger partial charge on any atom is 0.325 e. The van der Waals surface area contributed by atoms with Crippen LogP contribution in [0.2, 0.25) is 0 Å². The smallest absolute Gasteiger partial charge is 0.325 e. The molecule has 0 aromatic heterocycles. The first kappa shape index (κ1) is 12.6. The average molecular weight is 197 g/mol. The number of carbonyl (C=O) groups is 2. The molecule has 0 aliphatic rings. The van der Waals surface area contributed by atoms with Gasteiger partial charge in [-0.2, -0.15) is 0 Å². The summed E-state index contributed by atoms with van der Waals surface area (Å²) in [4.78, 5) is 24.3. The molecule has 0 aromatic carbocycles. The van der Waals surface area contributed by atoms with Gasteiger partial charge in [0.1, 0.15) is 6.54 Å². The first-order valence-electron chi connectivity index (χ1n) is 4.52. The molecule has 4 nitrogen and oxygen atoms in total. The van der Waals surface area contributed by atoms with E-state index in [1.807, 2.05) is 6.08 Å². The molecular weight excluding hydrogens is 182 g/mol. The highest BCUT2D eigenvalue weighted by Gasteiger charge is 1.99. The molecule has 0 amide bonds. The quantitative estimate of drug-likeness (QED) is 0.277. The van der Waals surface area contributed by atoms with Crippen molar-refractivity contribution in [1.82, 2.24) is 0 Å². The molecule has 0 spiro atoms. The number of hydrogen-bond donors (Lipinski definition) is 1. The number of carboxylic acid groups (broad SMARTS) is 1. The lowest BCUT2D eigenvalue weighted by molar-refractivity contribution is -0.135. The van der Waals surface area contributed by atoms with Crippen molar-refractivity contribution in [1.29, 1.82) is 0 Å². The second kappa shape index (κ2) is 8.16. The fourth-order valence-corrected chi connectivity index (χ4v) is 0.939. The van der Waals surface area contributed by atoms with E-state index in [9.17, 15) is 9.59 Å². The summed E-state index contributed by atoms with van der Waals surface area (Å²) in [5.74, 6) is -1.02. The molecule has 0 radical (unpaired) electrons. The summed E-state index contributed by atoms with van der Waals surface area (Å²) in [7, 11) is 0. The van der Waals surface area contributed by atoms with Crippen molar-refractivity contribution in [3.05, 3.63) is 12.7 Å². The third-order valence-corrected chi connectivity index (χ3v) is 1.64. The van der Waals surface area contributed by atoms with Gasteiger partial charge in [0.2, 0.25) is 0 Å². The van der Waals surface area contributed by atoms with Crippen molar-refractivity contribution in [2.45, 2.75) is 25.7 Å². The van der Waals surface area contributed by atoms with Crippen LogP contribution in [0.15, 0.2) is 17.6 Å². The van der Waals surface area contributed by atoms with Crippen molar-refractivity contribution >= 4 is 18.0 Å². The van der Waals surface area contributed by atoms with Crippen molar-refractivity contribution in [2.75, 3.05) is 6.54 Å². The molecule has 0 fully saturated rings. The molecule has 0 atom stereocenters. The van der Waals surface area contributed by atoms with Gasteiger partial charge in [0.05, 0.1) is 5.71 Å². The first-order valence-corrected chi connectivity index (χ1v) is 4.52. The Morgan fingerprint density at radius 2 is 2.14 bits per heavy atom. The van der Waals surface area contributed by atoms with Gasteiger partial charge in [-0.25, -0.2) is 0 Å². The normalized spacial score (nSPS) is 11.0. The van der Waals surface area contributed by atoms with Crippen LogP contribution in [-0.2, 0) is 9.59 Å². The summed E-state index contributed by atoms with van der Waals surface area (Å²) < 4.78 is 0. The van der Waals surface area contributed by atoms with E-state index in [4.69, 9.17) is 5.11 Å². The van der Waals surface area contributed by atoms with Crippen LogP contribution < -0.4 is 0 Å². The van der Waals surface area contributed by atoms with Crippen LogP contribution in [0.4, 0.5) is 0 Å². The van der Waals surface area contributed by atoms with Crippen LogP contribution in [0.3, 0.4) is 0 Å². The number of hydrogen-bond acceptors (Lipinski definition) is 3. The van der Waals surface area contributed by atoms with Crippen LogP contribution >= 0.6 is 0 Å². The standard InChI is InChI=1S/C10H15NO3/c1-2-3-4-5-6-9(8-12)11-7-10(13)14/h2,8H,1,3-7H2,(H,13,14). The molecule has 0 bridgehead atoms. The molecule has 0 heterocycles. The lowest BCUT2D eigenvalue weighted by Gasteiger charge is -1.97. The van der Waals surface area contributed by atoms with Gasteiger partial charge in [0.15, 0.2) is 6.29 Å². The largest absolute Gasteiger partial charge is 0.480 e. The number of nitrogens with zero attached hydrogens (tertiary/aromatic N) is 1. The zero-order valence-corrected chi connectivity index (χ0v) is 8.11. The van der Waals surface area contributed by atoms with E-state index in [1.165, 1.54) is 0 Å². The van der Waals surface area contributed by atoms with Gasteiger partial charge in [-0.05, 0) is 25.7 Å². The molecule has 78 valence electrons. The van der Waals surface area contributed by atoms with Gasteiger partial charge in [-0.1, -0.05) is 6.08 Å². The minimum absolute atomic E-state index is 0.324. The predicted molar refractivity (Wildman–Crippen MR) is 54.7 cm³/mol. The van der Waals surface area contributed by atoms with Gasteiger partial charge >= 0.3 is 5.97 Å². The highest BCUT2D eigenvalue weighted by atomic mass is 16.4. The summed E-state index contributed by atoms with van der Waals surface area (Å²) in [5, 5.41) is 8.33. The Morgan fingerprint density at radius 3 is 2.64 bits per heavy atom. The Bertz CT molecular complexity index is 234. The van der Waals surface area contributed by atoms with E-state index in [1.54, 1.807) is 0 Å². The third-order valence-electron chi connectivity index (χ3n) is 1.64. The topological polar surface area (TPSA) is 66.7 Å². The van der Waals surface area contributed by atoms with Crippen LogP contribution in [0.25, 0.3) is 0 Å². The van der Waals surface area contributed by atoms with Gasteiger partial charge < -0.3 is 5.11 Å². The van der Waals surface area contributed by atoms with E-state index < -0.39 is 5.97 Å². The minimum atomic E-state index is -1.02. The van der Waals surface area contributed by atoms with Crippen LogP contribution in [0.5, 0.6) is 0 Å².